The third-order valence-corrected chi connectivity index (χ3v) is 5.49. The molecular weight excluding hydrogens is 366 g/mol. The van der Waals surface area contributed by atoms with Crippen molar-refractivity contribution in [3.05, 3.63) is 58.7 Å². The minimum Gasteiger partial charge on any atom is -0.430 e. The molecule has 5 heteroatoms. The number of nitrogens with one attached hydrogen (secondary N) is 1. The highest BCUT2D eigenvalue weighted by Gasteiger charge is 2.15. The van der Waals surface area contributed by atoms with Gasteiger partial charge in [-0.3, -0.25) is 0 Å². The van der Waals surface area contributed by atoms with Gasteiger partial charge in [0.2, 0.25) is 0 Å². The SMILES string of the molecule is CNCCc1cc(C)c(Oc2nc(-c3ccc(C(C)(C)C)cc3)ns2)cc1C. The summed E-state index contributed by atoms with van der Waals surface area (Å²) >= 11 is 1.29. The van der Waals surface area contributed by atoms with Gasteiger partial charge in [-0.2, -0.15) is 9.36 Å². The van der Waals surface area contributed by atoms with Gasteiger partial charge in [0.15, 0.2) is 5.82 Å². The van der Waals surface area contributed by atoms with E-state index in [1.165, 1.54) is 28.2 Å². The molecule has 0 unspecified atom stereocenters. The lowest BCUT2D eigenvalue weighted by Crippen LogP contribution is -2.11. The summed E-state index contributed by atoms with van der Waals surface area (Å²) in [7, 11) is 1.98. The van der Waals surface area contributed by atoms with Crippen LogP contribution in [-0.4, -0.2) is 22.9 Å². The standard InChI is InChI=1S/C23H29N3OS/c1-15-14-20(16(2)13-18(15)11-12-24-6)27-22-25-21(26-28-22)17-7-9-19(10-8-17)23(3,4)5/h7-10,13-14,24H,11-12H2,1-6H3. The van der Waals surface area contributed by atoms with E-state index in [1.54, 1.807) is 0 Å². The molecule has 1 aromatic heterocycles. The van der Waals surface area contributed by atoms with Crippen molar-refractivity contribution in [2.45, 2.75) is 46.5 Å². The molecule has 28 heavy (non-hydrogen) atoms. The number of ether oxygens (including phenoxy) is 1. The summed E-state index contributed by atoms with van der Waals surface area (Å²) in [5, 5.41) is 3.77. The first-order valence-corrected chi connectivity index (χ1v) is 10.4. The number of likely N-dealkylation sites (N-methyl/N-ethyl adjacent to an activating group) is 1. The summed E-state index contributed by atoms with van der Waals surface area (Å²) in [6.45, 7) is 11.8. The van der Waals surface area contributed by atoms with Gasteiger partial charge in [0.05, 0.1) is 0 Å². The lowest BCUT2D eigenvalue weighted by Gasteiger charge is -2.18. The van der Waals surface area contributed by atoms with E-state index in [9.17, 15) is 0 Å². The van der Waals surface area contributed by atoms with Crippen molar-refractivity contribution in [3.63, 3.8) is 0 Å². The van der Waals surface area contributed by atoms with Crippen LogP contribution in [0.15, 0.2) is 36.4 Å². The molecule has 0 saturated carbocycles. The molecule has 1 N–H and O–H groups in total. The Morgan fingerprint density at radius 3 is 2.39 bits per heavy atom. The van der Waals surface area contributed by atoms with E-state index in [0.717, 1.165) is 29.8 Å². The highest BCUT2D eigenvalue weighted by Crippen LogP contribution is 2.31. The van der Waals surface area contributed by atoms with E-state index < -0.39 is 0 Å². The molecule has 0 bridgehead atoms. The molecule has 0 saturated heterocycles. The average Bonchev–Trinajstić information content (AvgIpc) is 3.11. The molecule has 0 aliphatic rings. The van der Waals surface area contributed by atoms with Crippen LogP contribution in [0.25, 0.3) is 11.4 Å². The zero-order valence-corrected chi connectivity index (χ0v) is 18.4. The van der Waals surface area contributed by atoms with Gasteiger partial charge in [-0.1, -0.05) is 51.1 Å². The lowest BCUT2D eigenvalue weighted by atomic mass is 9.87. The largest absolute Gasteiger partial charge is 0.430 e. The fraction of sp³-hybridized carbons (Fsp3) is 0.391. The number of benzene rings is 2. The number of aromatic nitrogens is 2. The molecule has 0 amide bonds. The zero-order chi connectivity index (χ0) is 20.3. The summed E-state index contributed by atoms with van der Waals surface area (Å²) in [6.07, 6.45) is 1.01. The van der Waals surface area contributed by atoms with E-state index >= 15 is 0 Å². The fourth-order valence-electron chi connectivity index (χ4n) is 3.07. The van der Waals surface area contributed by atoms with Crippen LogP contribution in [0.2, 0.25) is 0 Å². The summed E-state index contributed by atoms with van der Waals surface area (Å²) in [6, 6.07) is 12.8. The van der Waals surface area contributed by atoms with E-state index in [4.69, 9.17) is 4.74 Å². The predicted octanol–water partition coefficient (Wildman–Crippen LogP) is 5.67. The monoisotopic (exact) mass is 395 g/mol. The number of hydrogen-bond donors (Lipinski definition) is 1. The molecule has 0 aliphatic heterocycles. The molecule has 1 heterocycles. The topological polar surface area (TPSA) is 47.0 Å². The molecule has 4 nitrogen and oxygen atoms in total. The Labute approximate surface area is 172 Å². The molecule has 148 valence electrons. The van der Waals surface area contributed by atoms with Crippen molar-refractivity contribution in [1.29, 1.82) is 0 Å². The summed E-state index contributed by atoms with van der Waals surface area (Å²) in [5.74, 6) is 1.55. The van der Waals surface area contributed by atoms with Crippen LogP contribution in [0.4, 0.5) is 0 Å². The molecule has 2 aromatic carbocycles. The van der Waals surface area contributed by atoms with Crippen LogP contribution in [-0.2, 0) is 11.8 Å². The number of nitrogens with zero attached hydrogens (tertiary/aromatic N) is 2. The van der Waals surface area contributed by atoms with Crippen LogP contribution < -0.4 is 10.1 Å². The van der Waals surface area contributed by atoms with Crippen molar-refractivity contribution < 1.29 is 4.74 Å². The van der Waals surface area contributed by atoms with E-state index in [0.29, 0.717) is 11.0 Å². The van der Waals surface area contributed by atoms with Gasteiger partial charge < -0.3 is 10.1 Å². The highest BCUT2D eigenvalue weighted by atomic mass is 32.1. The average molecular weight is 396 g/mol. The van der Waals surface area contributed by atoms with Crippen LogP contribution in [0.5, 0.6) is 10.9 Å². The smallest absolute Gasteiger partial charge is 0.299 e. The number of hydrogen-bond acceptors (Lipinski definition) is 5. The van der Waals surface area contributed by atoms with Gasteiger partial charge in [0, 0.05) is 17.1 Å². The van der Waals surface area contributed by atoms with Crippen molar-refractivity contribution in [1.82, 2.24) is 14.7 Å². The van der Waals surface area contributed by atoms with Crippen molar-refractivity contribution >= 4 is 11.5 Å². The number of aryl methyl sites for hydroxylation is 2. The Morgan fingerprint density at radius 2 is 1.75 bits per heavy atom. The maximum atomic E-state index is 6.06. The molecular formula is C23H29N3OS. The summed E-state index contributed by atoms with van der Waals surface area (Å²) in [5.41, 5.74) is 6.14. The minimum atomic E-state index is 0.136. The van der Waals surface area contributed by atoms with Crippen molar-refractivity contribution in [2.24, 2.45) is 0 Å². The Hall–Kier alpha value is -2.24. The van der Waals surface area contributed by atoms with Gasteiger partial charge in [-0.25, -0.2) is 0 Å². The van der Waals surface area contributed by atoms with Crippen LogP contribution >= 0.6 is 11.5 Å². The minimum absolute atomic E-state index is 0.136. The molecule has 3 aromatic rings. The number of rotatable bonds is 6. The molecule has 3 rings (SSSR count). The predicted molar refractivity (Wildman–Crippen MR) is 118 cm³/mol. The van der Waals surface area contributed by atoms with Gasteiger partial charge in [-0.05, 0) is 67.6 Å². The first-order valence-electron chi connectivity index (χ1n) is 9.65. The Balaban J connectivity index is 1.77. The molecule has 0 aliphatic carbocycles. The van der Waals surface area contributed by atoms with Gasteiger partial charge >= 0.3 is 0 Å². The second kappa shape index (κ2) is 8.41. The van der Waals surface area contributed by atoms with Crippen LogP contribution in [0.3, 0.4) is 0 Å². The first-order chi connectivity index (χ1) is 13.3. The maximum Gasteiger partial charge on any atom is 0.299 e. The fourth-order valence-corrected chi connectivity index (χ4v) is 3.64. The van der Waals surface area contributed by atoms with E-state index in [1.807, 2.05) is 7.05 Å². The second-order valence-electron chi connectivity index (χ2n) is 8.21. The van der Waals surface area contributed by atoms with Gasteiger partial charge in [-0.15, -0.1) is 0 Å². The normalized spacial score (nSPS) is 11.6. The van der Waals surface area contributed by atoms with Crippen LogP contribution in [0, 0.1) is 13.8 Å². The molecule has 0 fully saturated rings. The Bertz CT molecular complexity index is 939. The third kappa shape index (κ3) is 4.78. The molecule has 0 radical (unpaired) electrons. The Kier molecular flexibility index (Phi) is 6.16. The quantitative estimate of drug-likeness (QED) is 0.584. The third-order valence-electron chi connectivity index (χ3n) is 4.89. The first kappa shape index (κ1) is 20.5. The second-order valence-corrected chi connectivity index (χ2v) is 8.93. The van der Waals surface area contributed by atoms with Crippen LogP contribution in [0.1, 0.15) is 43.0 Å². The van der Waals surface area contributed by atoms with E-state index in [2.05, 4.69) is 85.7 Å². The van der Waals surface area contributed by atoms with Crippen molar-refractivity contribution in [3.8, 4) is 22.3 Å². The lowest BCUT2D eigenvalue weighted by molar-refractivity contribution is 0.475. The van der Waals surface area contributed by atoms with E-state index in [-0.39, 0.29) is 5.41 Å². The highest BCUT2D eigenvalue weighted by molar-refractivity contribution is 7.07. The summed E-state index contributed by atoms with van der Waals surface area (Å²) < 4.78 is 10.5. The van der Waals surface area contributed by atoms with Gasteiger partial charge in [0.1, 0.15) is 5.75 Å². The maximum absolute atomic E-state index is 6.06. The zero-order valence-electron chi connectivity index (χ0n) is 17.6. The summed E-state index contributed by atoms with van der Waals surface area (Å²) in [4.78, 5) is 4.59. The molecule has 0 spiro atoms. The Morgan fingerprint density at radius 1 is 1.04 bits per heavy atom. The van der Waals surface area contributed by atoms with Crippen molar-refractivity contribution in [2.75, 3.05) is 13.6 Å². The van der Waals surface area contributed by atoms with Gasteiger partial charge in [0.25, 0.3) is 5.19 Å². The molecule has 0 atom stereocenters.